The molecule has 122 valence electrons. The Hall–Kier alpha value is -0.420. The number of aliphatic hydroxyl groups is 1. The van der Waals surface area contributed by atoms with Gasteiger partial charge in [-0.1, -0.05) is 31.1 Å². The zero-order chi connectivity index (χ0) is 16.5. The lowest BCUT2D eigenvalue weighted by atomic mass is 9.66. The van der Waals surface area contributed by atoms with Crippen LogP contribution in [0.4, 0.5) is 0 Å². The van der Waals surface area contributed by atoms with Gasteiger partial charge in [0.15, 0.2) is 5.78 Å². The zero-order valence-electron chi connectivity index (χ0n) is 14.1. The number of hydrogen-bond acceptors (Lipinski definition) is 2. The molecule has 0 saturated heterocycles. The monoisotopic (exact) mass is 414 g/mol. The molecule has 0 aliphatic heterocycles. The molecule has 0 amide bonds. The van der Waals surface area contributed by atoms with Crippen LogP contribution in [-0.2, 0) is 4.79 Å². The van der Waals surface area contributed by atoms with Crippen LogP contribution in [0.2, 0.25) is 0 Å². The first-order chi connectivity index (χ1) is 10.3. The highest BCUT2D eigenvalue weighted by Gasteiger charge is 2.43. The van der Waals surface area contributed by atoms with Gasteiger partial charge >= 0.3 is 0 Å². The van der Waals surface area contributed by atoms with Gasteiger partial charge in [-0.25, -0.2) is 0 Å². The average molecular weight is 414 g/mol. The van der Waals surface area contributed by atoms with Crippen molar-refractivity contribution >= 4 is 28.4 Å². The molecule has 3 heteroatoms. The molecule has 0 spiro atoms. The van der Waals surface area contributed by atoms with Crippen LogP contribution in [0.3, 0.4) is 0 Å². The molecule has 0 aromatic carbocycles. The normalized spacial score (nSPS) is 39.3. The Morgan fingerprint density at radius 3 is 2.64 bits per heavy atom. The van der Waals surface area contributed by atoms with E-state index in [0.29, 0.717) is 17.9 Å². The van der Waals surface area contributed by atoms with Crippen LogP contribution in [0, 0.1) is 11.3 Å². The number of carbonyl (C=O) groups excluding carboxylic acids is 1. The predicted octanol–water partition coefficient (Wildman–Crippen LogP) is 5.12. The second-order valence-corrected chi connectivity index (χ2v) is 8.32. The summed E-state index contributed by atoms with van der Waals surface area (Å²) in [6.07, 6.45) is 8.12. The number of aliphatic hydroxyl groups excluding tert-OH is 1. The first-order valence-corrected chi connectivity index (χ1v) is 9.29. The van der Waals surface area contributed by atoms with Crippen LogP contribution in [-0.4, -0.2) is 17.0 Å². The molecule has 0 aromatic heterocycles. The van der Waals surface area contributed by atoms with Gasteiger partial charge in [-0.3, -0.25) is 4.79 Å². The first kappa shape index (κ1) is 17.9. The SMILES string of the molecule is C/C1=C\C(=O)C2=C(I)[C@@](C)(CC/C(C)=C/CC1)[C@H](C)C[C@@H]2O. The van der Waals surface area contributed by atoms with Gasteiger partial charge in [-0.2, -0.15) is 0 Å². The van der Waals surface area contributed by atoms with Crippen LogP contribution in [0.25, 0.3) is 0 Å². The summed E-state index contributed by atoms with van der Waals surface area (Å²) in [4.78, 5) is 12.7. The lowest BCUT2D eigenvalue weighted by molar-refractivity contribution is -0.112. The minimum atomic E-state index is -0.619. The van der Waals surface area contributed by atoms with Crippen molar-refractivity contribution in [2.24, 2.45) is 11.3 Å². The Morgan fingerprint density at radius 1 is 1.27 bits per heavy atom. The molecule has 0 aromatic rings. The second-order valence-electron chi connectivity index (χ2n) is 7.24. The lowest BCUT2D eigenvalue weighted by Gasteiger charge is -2.43. The van der Waals surface area contributed by atoms with Crippen molar-refractivity contribution in [2.75, 3.05) is 0 Å². The summed E-state index contributed by atoms with van der Waals surface area (Å²) in [7, 11) is 0. The van der Waals surface area contributed by atoms with Crippen molar-refractivity contribution in [3.8, 4) is 0 Å². The van der Waals surface area contributed by atoms with E-state index in [0.717, 1.165) is 34.8 Å². The van der Waals surface area contributed by atoms with Gasteiger partial charge in [-0.05, 0) is 80.5 Å². The maximum Gasteiger partial charge on any atom is 0.185 e. The number of fused-ring (bicyclic) bond motifs is 1. The van der Waals surface area contributed by atoms with Gasteiger partial charge in [0.2, 0.25) is 0 Å². The van der Waals surface area contributed by atoms with Gasteiger partial charge in [0.05, 0.1) is 6.10 Å². The van der Waals surface area contributed by atoms with E-state index in [2.05, 4.69) is 49.4 Å². The first-order valence-electron chi connectivity index (χ1n) is 8.21. The van der Waals surface area contributed by atoms with Crippen molar-refractivity contribution in [3.05, 3.63) is 32.5 Å². The highest BCUT2D eigenvalue weighted by atomic mass is 127. The van der Waals surface area contributed by atoms with E-state index >= 15 is 0 Å². The maximum absolute atomic E-state index is 12.7. The van der Waals surface area contributed by atoms with Gasteiger partial charge in [-0.15, -0.1) is 0 Å². The molecule has 2 aliphatic rings. The highest BCUT2D eigenvalue weighted by molar-refractivity contribution is 14.1. The van der Waals surface area contributed by atoms with E-state index in [1.165, 1.54) is 5.57 Å². The molecular weight excluding hydrogens is 387 g/mol. The van der Waals surface area contributed by atoms with Crippen molar-refractivity contribution in [2.45, 2.75) is 65.9 Å². The van der Waals surface area contributed by atoms with E-state index in [1.807, 2.05) is 6.92 Å². The van der Waals surface area contributed by atoms with E-state index < -0.39 is 6.10 Å². The summed E-state index contributed by atoms with van der Waals surface area (Å²) in [5.41, 5.74) is 3.16. The van der Waals surface area contributed by atoms with Crippen LogP contribution < -0.4 is 0 Å². The van der Waals surface area contributed by atoms with E-state index in [4.69, 9.17) is 0 Å². The molecular formula is C19H27IO2. The number of carbonyl (C=O) groups is 1. The molecule has 0 fully saturated rings. The standard InChI is InChI=1S/C19H27IO2/c1-12-6-5-7-13(2)10-15(21)17-16(22)11-14(3)19(4,9-8-12)18(17)20/h6,10,14,16,22H,5,7-9,11H2,1-4H3/b12-6+,13-10+/t14-,16+,19+/m1/s1. The second kappa shape index (κ2) is 7.00. The molecule has 3 atom stereocenters. The summed E-state index contributed by atoms with van der Waals surface area (Å²) in [5, 5.41) is 10.5. The summed E-state index contributed by atoms with van der Waals surface area (Å²) in [6, 6.07) is 0. The van der Waals surface area contributed by atoms with Crippen LogP contribution >= 0.6 is 22.6 Å². The highest BCUT2D eigenvalue weighted by Crippen LogP contribution is 2.51. The van der Waals surface area contributed by atoms with Gasteiger partial charge < -0.3 is 5.11 Å². The third-order valence-corrected chi connectivity index (χ3v) is 7.26. The quantitative estimate of drug-likeness (QED) is 0.442. The number of rotatable bonds is 0. The molecule has 2 bridgehead atoms. The average Bonchev–Trinajstić information content (AvgIpc) is 2.42. The minimum absolute atomic E-state index is 0.00815. The molecule has 1 N–H and O–H groups in total. The Morgan fingerprint density at radius 2 is 1.95 bits per heavy atom. The molecule has 2 aliphatic carbocycles. The van der Waals surface area contributed by atoms with E-state index in [1.54, 1.807) is 6.08 Å². The van der Waals surface area contributed by atoms with Crippen molar-refractivity contribution in [3.63, 3.8) is 0 Å². The number of halogens is 1. The third kappa shape index (κ3) is 3.56. The third-order valence-electron chi connectivity index (χ3n) is 5.45. The molecule has 0 radical (unpaired) electrons. The summed E-state index contributed by atoms with van der Waals surface area (Å²) >= 11 is 2.32. The predicted molar refractivity (Wildman–Crippen MR) is 99.9 cm³/mol. The number of allylic oxidation sites excluding steroid dienone is 5. The van der Waals surface area contributed by atoms with Crippen LogP contribution in [0.15, 0.2) is 32.5 Å². The summed E-state index contributed by atoms with van der Waals surface area (Å²) in [6.45, 7) is 8.68. The molecule has 0 saturated carbocycles. The Labute approximate surface area is 147 Å². The fraction of sp³-hybridized carbons (Fsp3) is 0.632. The van der Waals surface area contributed by atoms with Crippen LogP contribution in [0.1, 0.15) is 59.8 Å². The maximum atomic E-state index is 12.7. The van der Waals surface area contributed by atoms with Gasteiger partial charge in [0.1, 0.15) is 0 Å². The van der Waals surface area contributed by atoms with Crippen LogP contribution in [0.5, 0.6) is 0 Å². The fourth-order valence-corrected chi connectivity index (χ4v) is 4.92. The van der Waals surface area contributed by atoms with E-state index in [9.17, 15) is 9.90 Å². The smallest absolute Gasteiger partial charge is 0.185 e. The Bertz CT molecular complexity index is 556. The molecule has 0 heterocycles. The van der Waals surface area contributed by atoms with Crippen molar-refractivity contribution in [1.29, 1.82) is 0 Å². The topological polar surface area (TPSA) is 37.3 Å². The molecule has 0 unspecified atom stereocenters. The summed E-state index contributed by atoms with van der Waals surface area (Å²) in [5.74, 6) is 0.389. The van der Waals surface area contributed by atoms with E-state index in [-0.39, 0.29) is 11.2 Å². The van der Waals surface area contributed by atoms with Gasteiger partial charge in [0, 0.05) is 14.6 Å². The molecule has 2 nitrogen and oxygen atoms in total. The van der Waals surface area contributed by atoms with Crippen molar-refractivity contribution < 1.29 is 9.90 Å². The largest absolute Gasteiger partial charge is 0.388 e. The zero-order valence-corrected chi connectivity index (χ0v) is 16.2. The van der Waals surface area contributed by atoms with Crippen molar-refractivity contribution in [1.82, 2.24) is 0 Å². The Balaban J connectivity index is 2.53. The fourth-order valence-electron chi connectivity index (χ4n) is 3.49. The molecule has 2 rings (SSSR count). The minimum Gasteiger partial charge on any atom is -0.388 e. The number of ketones is 1. The van der Waals surface area contributed by atoms with Gasteiger partial charge in [0.25, 0.3) is 0 Å². The molecule has 22 heavy (non-hydrogen) atoms. The summed E-state index contributed by atoms with van der Waals surface area (Å²) < 4.78 is 1.07. The number of hydrogen-bond donors (Lipinski definition) is 1. The Kier molecular flexibility index (Phi) is 5.70. The lowest BCUT2D eigenvalue weighted by Crippen LogP contribution is -2.38.